The molecule has 0 aliphatic rings. The lowest BCUT2D eigenvalue weighted by atomic mass is 10.1. The number of imidazole rings is 1. The highest BCUT2D eigenvalue weighted by Crippen LogP contribution is 2.18. The maximum atomic E-state index is 13.5. The van der Waals surface area contributed by atoms with Crippen LogP contribution in [-0.4, -0.2) is 27.9 Å². The first-order valence-corrected chi connectivity index (χ1v) is 10.3. The number of aromatic nitrogens is 2. The monoisotopic (exact) mass is 422 g/mol. The number of amides is 2. The summed E-state index contributed by atoms with van der Waals surface area (Å²) in [6.07, 6.45) is 0.488. The molecule has 4 aromatic rings. The summed E-state index contributed by atoms with van der Waals surface area (Å²) in [6, 6.07) is 13.0. The third-order valence-corrected chi connectivity index (χ3v) is 5.46. The highest BCUT2D eigenvalue weighted by molar-refractivity contribution is 7.08. The zero-order valence-corrected chi connectivity index (χ0v) is 17.0. The van der Waals surface area contributed by atoms with Gasteiger partial charge < -0.3 is 15.2 Å². The molecule has 2 heterocycles. The van der Waals surface area contributed by atoms with E-state index in [2.05, 4.69) is 15.6 Å². The molecule has 152 valence electrons. The number of carbonyl (C=O) groups excluding carboxylic acids is 2. The molecule has 0 saturated carbocycles. The van der Waals surface area contributed by atoms with E-state index in [0.717, 1.165) is 5.82 Å². The average molecular weight is 422 g/mol. The van der Waals surface area contributed by atoms with Gasteiger partial charge in [0.2, 0.25) is 0 Å². The largest absolute Gasteiger partial charge is 0.352 e. The van der Waals surface area contributed by atoms with E-state index < -0.39 is 0 Å². The number of thiophene rings is 1. The number of hydrogen-bond donors (Lipinski definition) is 2. The molecule has 0 bridgehead atoms. The van der Waals surface area contributed by atoms with Crippen LogP contribution in [0.3, 0.4) is 0 Å². The molecule has 2 amide bonds. The number of fused-ring (bicyclic) bond motifs is 1. The molecule has 0 radical (unpaired) electrons. The number of para-hydroxylation sites is 1. The molecule has 0 aliphatic carbocycles. The van der Waals surface area contributed by atoms with Crippen molar-refractivity contribution >= 4 is 39.9 Å². The van der Waals surface area contributed by atoms with Gasteiger partial charge in [0.25, 0.3) is 11.8 Å². The van der Waals surface area contributed by atoms with Gasteiger partial charge in [0.05, 0.1) is 27.8 Å². The lowest BCUT2D eigenvalue weighted by molar-refractivity contribution is 0.0955. The number of nitrogens with zero attached hydrogens (tertiary/aromatic N) is 2. The second-order valence-electron chi connectivity index (χ2n) is 6.74. The van der Waals surface area contributed by atoms with Crippen LogP contribution in [-0.2, 0) is 13.5 Å². The van der Waals surface area contributed by atoms with Crippen molar-refractivity contribution in [1.82, 2.24) is 14.9 Å². The molecule has 0 spiro atoms. The van der Waals surface area contributed by atoms with Gasteiger partial charge in [0, 0.05) is 25.4 Å². The molecule has 0 atom stereocenters. The van der Waals surface area contributed by atoms with Gasteiger partial charge in [0.1, 0.15) is 11.6 Å². The van der Waals surface area contributed by atoms with Crippen molar-refractivity contribution in [3.05, 3.63) is 82.1 Å². The number of halogens is 1. The van der Waals surface area contributed by atoms with E-state index in [1.54, 1.807) is 41.8 Å². The Bertz CT molecular complexity index is 1220. The molecule has 30 heavy (non-hydrogen) atoms. The van der Waals surface area contributed by atoms with Crippen molar-refractivity contribution < 1.29 is 14.0 Å². The molecule has 0 unspecified atom stereocenters. The van der Waals surface area contributed by atoms with Gasteiger partial charge >= 0.3 is 0 Å². The fraction of sp³-hybridized carbons (Fsp3) is 0.136. The van der Waals surface area contributed by atoms with Crippen LogP contribution in [0.4, 0.5) is 10.1 Å². The molecule has 0 aliphatic heterocycles. The summed E-state index contributed by atoms with van der Waals surface area (Å²) in [5.74, 6) is -0.120. The van der Waals surface area contributed by atoms with E-state index in [9.17, 15) is 14.0 Å². The number of hydrogen-bond acceptors (Lipinski definition) is 4. The molecule has 2 aromatic heterocycles. The number of anilines is 1. The van der Waals surface area contributed by atoms with Gasteiger partial charge in [-0.1, -0.05) is 12.1 Å². The fourth-order valence-corrected chi connectivity index (χ4v) is 3.83. The molecule has 2 aromatic carbocycles. The molecule has 2 N–H and O–H groups in total. The van der Waals surface area contributed by atoms with Crippen LogP contribution < -0.4 is 10.6 Å². The fourth-order valence-electron chi connectivity index (χ4n) is 3.20. The third kappa shape index (κ3) is 4.08. The van der Waals surface area contributed by atoms with Gasteiger partial charge in [-0.3, -0.25) is 9.59 Å². The highest BCUT2D eigenvalue weighted by Gasteiger charge is 2.15. The minimum atomic E-state index is -0.313. The zero-order valence-electron chi connectivity index (χ0n) is 16.2. The predicted molar refractivity (Wildman–Crippen MR) is 115 cm³/mol. The summed E-state index contributed by atoms with van der Waals surface area (Å²) in [7, 11) is 1.82. The van der Waals surface area contributed by atoms with E-state index in [0.29, 0.717) is 40.8 Å². The quantitative estimate of drug-likeness (QED) is 0.493. The van der Waals surface area contributed by atoms with E-state index in [-0.39, 0.29) is 17.6 Å². The van der Waals surface area contributed by atoms with Crippen molar-refractivity contribution in [3.63, 3.8) is 0 Å². The van der Waals surface area contributed by atoms with Crippen LogP contribution in [0, 0.1) is 5.82 Å². The molecule has 4 rings (SSSR count). The van der Waals surface area contributed by atoms with Crippen molar-refractivity contribution in [1.29, 1.82) is 0 Å². The van der Waals surface area contributed by atoms with Crippen LogP contribution >= 0.6 is 11.3 Å². The normalized spacial score (nSPS) is 10.9. The van der Waals surface area contributed by atoms with E-state index in [1.807, 2.05) is 17.0 Å². The smallest absolute Gasteiger partial charge is 0.256 e. The predicted octanol–water partition coefficient (Wildman–Crippen LogP) is 4.00. The summed E-state index contributed by atoms with van der Waals surface area (Å²) in [5.41, 5.74) is 2.80. The Morgan fingerprint density at radius 3 is 2.77 bits per heavy atom. The number of benzene rings is 2. The summed E-state index contributed by atoms with van der Waals surface area (Å²) in [4.78, 5) is 29.5. The molecular weight excluding hydrogens is 403 g/mol. The Balaban J connectivity index is 1.42. The first-order valence-electron chi connectivity index (χ1n) is 9.34. The second kappa shape index (κ2) is 8.46. The Morgan fingerprint density at radius 1 is 1.13 bits per heavy atom. The van der Waals surface area contributed by atoms with Crippen molar-refractivity contribution in [2.75, 3.05) is 11.9 Å². The molecule has 8 heteroatoms. The molecule has 0 fully saturated rings. The van der Waals surface area contributed by atoms with E-state index in [1.165, 1.54) is 23.5 Å². The Morgan fingerprint density at radius 2 is 1.97 bits per heavy atom. The van der Waals surface area contributed by atoms with E-state index >= 15 is 0 Å². The van der Waals surface area contributed by atoms with Crippen molar-refractivity contribution in [2.24, 2.45) is 7.05 Å². The first kappa shape index (κ1) is 19.8. The lowest BCUT2D eigenvalue weighted by Crippen LogP contribution is -2.27. The van der Waals surface area contributed by atoms with Crippen molar-refractivity contribution in [3.8, 4) is 0 Å². The zero-order chi connectivity index (χ0) is 21.1. The highest BCUT2D eigenvalue weighted by atomic mass is 32.1. The molecule has 0 saturated heterocycles. The van der Waals surface area contributed by atoms with Crippen LogP contribution in [0.5, 0.6) is 0 Å². The van der Waals surface area contributed by atoms with Gasteiger partial charge in [-0.2, -0.15) is 11.3 Å². The standard InChI is InChI=1S/C22H19FN4O2S/c1-27-19-12-15(23)6-7-18(19)25-20(27)8-10-24-22(29)16-4-2-3-5-17(16)26-21(28)14-9-11-30-13-14/h2-7,9,11-13H,8,10H2,1H3,(H,24,29)(H,26,28). The minimum absolute atomic E-state index is 0.261. The second-order valence-corrected chi connectivity index (χ2v) is 7.52. The third-order valence-electron chi connectivity index (χ3n) is 4.77. The van der Waals surface area contributed by atoms with Gasteiger partial charge in [0.15, 0.2) is 0 Å². The van der Waals surface area contributed by atoms with Gasteiger partial charge in [-0.05, 0) is 41.8 Å². The van der Waals surface area contributed by atoms with Crippen LogP contribution in [0.25, 0.3) is 11.0 Å². The van der Waals surface area contributed by atoms with Crippen LogP contribution in [0.1, 0.15) is 26.5 Å². The first-order chi connectivity index (χ1) is 14.5. The SMILES string of the molecule is Cn1c(CCNC(=O)c2ccccc2NC(=O)c2ccsc2)nc2ccc(F)cc21. The maximum absolute atomic E-state index is 13.5. The molecular formula is C22H19FN4O2S. The molecule has 6 nitrogen and oxygen atoms in total. The number of rotatable bonds is 6. The Hall–Kier alpha value is -3.52. The van der Waals surface area contributed by atoms with Gasteiger partial charge in [-0.25, -0.2) is 9.37 Å². The van der Waals surface area contributed by atoms with E-state index in [4.69, 9.17) is 0 Å². The number of carbonyl (C=O) groups is 2. The Labute approximate surface area is 176 Å². The van der Waals surface area contributed by atoms with Gasteiger partial charge in [-0.15, -0.1) is 0 Å². The maximum Gasteiger partial charge on any atom is 0.256 e. The Kier molecular flexibility index (Phi) is 5.58. The lowest BCUT2D eigenvalue weighted by Gasteiger charge is -2.11. The number of aryl methyl sites for hydroxylation is 1. The minimum Gasteiger partial charge on any atom is -0.352 e. The van der Waals surface area contributed by atoms with Crippen LogP contribution in [0.15, 0.2) is 59.3 Å². The van der Waals surface area contributed by atoms with Crippen LogP contribution in [0.2, 0.25) is 0 Å². The topological polar surface area (TPSA) is 76.0 Å². The average Bonchev–Trinajstić information content (AvgIpc) is 3.38. The summed E-state index contributed by atoms with van der Waals surface area (Å²) >= 11 is 1.43. The summed E-state index contributed by atoms with van der Waals surface area (Å²) in [6.45, 7) is 0.352. The number of nitrogens with one attached hydrogen (secondary N) is 2. The summed E-state index contributed by atoms with van der Waals surface area (Å²) in [5, 5.41) is 9.23. The summed E-state index contributed by atoms with van der Waals surface area (Å²) < 4.78 is 15.3. The van der Waals surface area contributed by atoms with Crippen molar-refractivity contribution in [2.45, 2.75) is 6.42 Å².